The maximum absolute atomic E-state index is 13.2. The molecule has 1 fully saturated rings. The molecule has 0 aliphatic carbocycles. The first-order valence-electron chi connectivity index (χ1n) is 10.7. The van der Waals surface area contributed by atoms with Gasteiger partial charge in [-0.3, -0.25) is 14.5 Å². The standard InChI is InChI=1S/C26H19ClF3NO6/c1-35-17-9-6-14(7-10-17)22-21(23(32)15-8-11-19(27)20(12-15)36-2)24(33)25(34)31(22)16-4-3-5-18(13-16)37-26(28,29)30/h3-13,22,32H,1-2H3/b23-21+. The van der Waals surface area contributed by atoms with Gasteiger partial charge in [-0.1, -0.05) is 29.8 Å². The molecule has 0 spiro atoms. The lowest BCUT2D eigenvalue weighted by Crippen LogP contribution is -2.29. The van der Waals surface area contributed by atoms with Crippen LogP contribution in [0.4, 0.5) is 18.9 Å². The number of carbonyl (C=O) groups excluding carboxylic acids is 2. The lowest BCUT2D eigenvalue weighted by Gasteiger charge is -2.26. The number of amides is 1. The van der Waals surface area contributed by atoms with E-state index >= 15 is 0 Å². The molecule has 1 atom stereocenters. The number of hydrogen-bond donors (Lipinski definition) is 1. The van der Waals surface area contributed by atoms with Gasteiger partial charge in [-0.2, -0.15) is 0 Å². The van der Waals surface area contributed by atoms with E-state index < -0.39 is 35.6 Å². The average Bonchev–Trinajstić information content (AvgIpc) is 3.13. The van der Waals surface area contributed by atoms with Gasteiger partial charge < -0.3 is 19.3 Å². The number of aliphatic hydroxyl groups is 1. The number of alkyl halides is 3. The zero-order valence-corrected chi connectivity index (χ0v) is 20.1. The van der Waals surface area contributed by atoms with Crippen molar-refractivity contribution in [1.82, 2.24) is 0 Å². The van der Waals surface area contributed by atoms with Crippen molar-refractivity contribution in [1.29, 1.82) is 0 Å². The molecule has 4 rings (SSSR count). The van der Waals surface area contributed by atoms with Gasteiger partial charge in [0, 0.05) is 17.3 Å². The molecule has 3 aromatic rings. The molecule has 0 saturated carbocycles. The van der Waals surface area contributed by atoms with Crippen molar-refractivity contribution in [3.05, 3.63) is 88.5 Å². The molecule has 1 saturated heterocycles. The molecule has 1 N–H and O–H groups in total. The molecule has 1 aliphatic heterocycles. The smallest absolute Gasteiger partial charge is 0.507 e. The first kappa shape index (κ1) is 25.9. The molecular weight excluding hydrogens is 515 g/mol. The van der Waals surface area contributed by atoms with Crippen LogP contribution in [0.2, 0.25) is 5.02 Å². The summed E-state index contributed by atoms with van der Waals surface area (Å²) in [6.45, 7) is 0. The number of anilines is 1. The molecule has 1 amide bonds. The second-order valence-corrected chi connectivity index (χ2v) is 8.24. The van der Waals surface area contributed by atoms with E-state index in [9.17, 15) is 27.9 Å². The van der Waals surface area contributed by atoms with Gasteiger partial charge in [0.05, 0.1) is 30.9 Å². The molecule has 37 heavy (non-hydrogen) atoms. The Morgan fingerprint density at radius 1 is 0.946 bits per heavy atom. The molecule has 192 valence electrons. The van der Waals surface area contributed by atoms with Crippen LogP contribution in [0, 0.1) is 0 Å². The van der Waals surface area contributed by atoms with Crippen LogP contribution in [0.3, 0.4) is 0 Å². The van der Waals surface area contributed by atoms with Crippen LogP contribution < -0.4 is 19.1 Å². The fourth-order valence-electron chi connectivity index (χ4n) is 3.99. The number of carbonyl (C=O) groups is 2. The molecule has 11 heteroatoms. The van der Waals surface area contributed by atoms with Gasteiger partial charge in [0.2, 0.25) is 0 Å². The molecule has 0 bridgehead atoms. The molecule has 1 unspecified atom stereocenters. The van der Waals surface area contributed by atoms with Crippen LogP contribution in [-0.4, -0.2) is 37.4 Å². The van der Waals surface area contributed by atoms with E-state index in [0.29, 0.717) is 11.3 Å². The molecule has 0 aromatic heterocycles. The highest BCUT2D eigenvalue weighted by Crippen LogP contribution is 2.44. The number of benzene rings is 3. The molecule has 1 heterocycles. The van der Waals surface area contributed by atoms with Gasteiger partial charge in [0.1, 0.15) is 23.0 Å². The quantitative estimate of drug-likeness (QED) is 0.242. The van der Waals surface area contributed by atoms with Crippen LogP contribution >= 0.6 is 11.6 Å². The Balaban J connectivity index is 1.91. The van der Waals surface area contributed by atoms with E-state index in [1.54, 1.807) is 24.3 Å². The molecule has 3 aromatic carbocycles. The van der Waals surface area contributed by atoms with E-state index in [2.05, 4.69) is 4.74 Å². The molecule has 0 radical (unpaired) electrons. The van der Waals surface area contributed by atoms with Gasteiger partial charge in [0.15, 0.2) is 0 Å². The van der Waals surface area contributed by atoms with E-state index in [4.69, 9.17) is 21.1 Å². The summed E-state index contributed by atoms with van der Waals surface area (Å²) in [7, 11) is 2.83. The highest BCUT2D eigenvalue weighted by Gasteiger charge is 2.47. The zero-order valence-electron chi connectivity index (χ0n) is 19.4. The number of Topliss-reactive ketones (excluding diaryl/α,β-unsaturated/α-hetero) is 1. The van der Waals surface area contributed by atoms with E-state index in [1.165, 1.54) is 44.6 Å². The number of aliphatic hydroxyl groups excluding tert-OH is 1. The van der Waals surface area contributed by atoms with E-state index in [0.717, 1.165) is 17.0 Å². The van der Waals surface area contributed by atoms with E-state index in [-0.39, 0.29) is 27.6 Å². The lowest BCUT2D eigenvalue weighted by atomic mass is 9.95. The number of ketones is 1. The molecular formula is C26H19ClF3NO6. The summed E-state index contributed by atoms with van der Waals surface area (Å²) in [5.41, 5.74) is 0.218. The summed E-state index contributed by atoms with van der Waals surface area (Å²) in [6.07, 6.45) is -4.96. The maximum atomic E-state index is 13.2. The largest absolute Gasteiger partial charge is 0.573 e. The summed E-state index contributed by atoms with van der Waals surface area (Å²) in [5.74, 6) is -2.47. The number of nitrogens with zero attached hydrogens (tertiary/aromatic N) is 1. The van der Waals surface area contributed by atoms with Crippen molar-refractivity contribution in [2.75, 3.05) is 19.1 Å². The summed E-state index contributed by atoms with van der Waals surface area (Å²) in [6, 6.07) is 14.1. The summed E-state index contributed by atoms with van der Waals surface area (Å²) in [4.78, 5) is 27.5. The Labute approximate surface area is 214 Å². The first-order chi connectivity index (χ1) is 17.5. The van der Waals surface area contributed by atoms with Gasteiger partial charge >= 0.3 is 6.36 Å². The Hall–Kier alpha value is -4.18. The number of methoxy groups -OCH3 is 2. The normalized spacial score (nSPS) is 17.1. The third-order valence-electron chi connectivity index (χ3n) is 5.63. The number of ether oxygens (including phenoxy) is 3. The predicted octanol–water partition coefficient (Wildman–Crippen LogP) is 5.88. The Bertz CT molecular complexity index is 1390. The van der Waals surface area contributed by atoms with Crippen molar-refractivity contribution in [2.24, 2.45) is 0 Å². The first-order valence-corrected chi connectivity index (χ1v) is 11.1. The Morgan fingerprint density at radius 2 is 1.65 bits per heavy atom. The fourth-order valence-corrected chi connectivity index (χ4v) is 4.19. The van der Waals surface area contributed by atoms with Crippen LogP contribution in [0.25, 0.3) is 5.76 Å². The minimum absolute atomic E-state index is 0.0441. The van der Waals surface area contributed by atoms with Gasteiger partial charge in [0.25, 0.3) is 11.7 Å². The van der Waals surface area contributed by atoms with Gasteiger partial charge in [-0.05, 0) is 48.0 Å². The van der Waals surface area contributed by atoms with E-state index in [1.807, 2.05) is 0 Å². The average molecular weight is 534 g/mol. The van der Waals surface area contributed by atoms with Gasteiger partial charge in [-0.25, -0.2) is 0 Å². The van der Waals surface area contributed by atoms with Crippen LogP contribution in [0.1, 0.15) is 17.2 Å². The maximum Gasteiger partial charge on any atom is 0.573 e. The van der Waals surface area contributed by atoms with Crippen molar-refractivity contribution < 1.29 is 42.1 Å². The van der Waals surface area contributed by atoms with Crippen molar-refractivity contribution in [3.8, 4) is 17.2 Å². The Morgan fingerprint density at radius 3 is 2.27 bits per heavy atom. The second kappa shape index (κ2) is 10.1. The summed E-state index contributed by atoms with van der Waals surface area (Å²) < 4.78 is 52.8. The van der Waals surface area contributed by atoms with Gasteiger partial charge in [-0.15, -0.1) is 13.2 Å². The highest BCUT2D eigenvalue weighted by molar-refractivity contribution is 6.51. The highest BCUT2D eigenvalue weighted by atomic mass is 35.5. The minimum Gasteiger partial charge on any atom is -0.507 e. The van der Waals surface area contributed by atoms with Crippen LogP contribution in [-0.2, 0) is 9.59 Å². The zero-order chi connectivity index (χ0) is 26.9. The summed E-state index contributed by atoms with van der Waals surface area (Å²) >= 11 is 6.07. The predicted molar refractivity (Wildman–Crippen MR) is 129 cm³/mol. The molecule has 1 aliphatic rings. The third kappa shape index (κ3) is 5.19. The monoisotopic (exact) mass is 533 g/mol. The number of rotatable bonds is 6. The third-order valence-corrected chi connectivity index (χ3v) is 5.94. The number of hydrogen-bond acceptors (Lipinski definition) is 6. The van der Waals surface area contributed by atoms with Crippen molar-refractivity contribution in [3.63, 3.8) is 0 Å². The topological polar surface area (TPSA) is 85.3 Å². The van der Waals surface area contributed by atoms with Crippen LogP contribution in [0.5, 0.6) is 17.2 Å². The minimum atomic E-state index is -4.96. The van der Waals surface area contributed by atoms with Crippen LogP contribution in [0.15, 0.2) is 72.3 Å². The fraction of sp³-hybridized carbons (Fsp3) is 0.154. The Kier molecular flexibility index (Phi) is 7.04. The molecule has 7 nitrogen and oxygen atoms in total. The number of halogens is 4. The second-order valence-electron chi connectivity index (χ2n) is 7.84. The summed E-state index contributed by atoms with van der Waals surface area (Å²) in [5, 5.41) is 11.5. The lowest BCUT2D eigenvalue weighted by molar-refractivity contribution is -0.274. The van der Waals surface area contributed by atoms with Crippen molar-refractivity contribution in [2.45, 2.75) is 12.4 Å². The van der Waals surface area contributed by atoms with Crippen molar-refractivity contribution >= 4 is 34.7 Å². The SMILES string of the molecule is COc1ccc(C2/C(=C(\O)c3ccc(Cl)c(OC)c3)C(=O)C(=O)N2c2cccc(OC(F)(F)F)c2)cc1.